The van der Waals surface area contributed by atoms with Gasteiger partial charge >= 0.3 is 0 Å². The molecule has 0 radical (unpaired) electrons. The van der Waals surface area contributed by atoms with E-state index in [0.717, 1.165) is 5.56 Å². The van der Waals surface area contributed by atoms with Gasteiger partial charge in [0.05, 0.1) is 11.1 Å². The molecule has 1 aliphatic heterocycles. The van der Waals surface area contributed by atoms with Crippen LogP contribution in [0.15, 0.2) is 48.5 Å². The van der Waals surface area contributed by atoms with Gasteiger partial charge in [0.2, 0.25) is 11.8 Å². The Morgan fingerprint density at radius 1 is 1.00 bits per heavy atom. The Bertz CT molecular complexity index is 1000. The van der Waals surface area contributed by atoms with Gasteiger partial charge in [-0.3, -0.25) is 24.1 Å². The summed E-state index contributed by atoms with van der Waals surface area (Å²) >= 11 is 5.98. The molecule has 2 aromatic rings. The lowest BCUT2D eigenvalue weighted by atomic mass is 10.1. The predicted octanol–water partition coefficient (Wildman–Crippen LogP) is 3.66. The first kappa shape index (κ1) is 24.5. The van der Waals surface area contributed by atoms with Crippen LogP contribution in [0.1, 0.15) is 59.4 Å². The number of hydrogen-bond donors (Lipinski definition) is 1. The molecule has 1 heterocycles. The second-order valence-electron chi connectivity index (χ2n) is 7.88. The maximum atomic E-state index is 13.2. The molecule has 3 rings (SSSR count). The van der Waals surface area contributed by atoms with Gasteiger partial charge in [0.25, 0.3) is 11.8 Å². The third kappa shape index (κ3) is 5.60. The van der Waals surface area contributed by atoms with E-state index in [-0.39, 0.29) is 43.1 Å². The van der Waals surface area contributed by atoms with Crippen LogP contribution in [-0.4, -0.2) is 52.6 Å². The van der Waals surface area contributed by atoms with Crippen molar-refractivity contribution in [3.05, 3.63) is 70.2 Å². The monoisotopic (exact) mass is 469 g/mol. The fourth-order valence-corrected chi connectivity index (χ4v) is 4.10. The summed E-state index contributed by atoms with van der Waals surface area (Å²) in [6.45, 7) is 4.57. The lowest BCUT2D eigenvalue weighted by molar-refractivity contribution is -0.141. The molecule has 174 valence electrons. The normalized spacial score (nSPS) is 13.6. The van der Waals surface area contributed by atoms with E-state index in [0.29, 0.717) is 35.5 Å². The van der Waals surface area contributed by atoms with E-state index < -0.39 is 6.04 Å². The van der Waals surface area contributed by atoms with Crippen LogP contribution in [0.25, 0.3) is 0 Å². The summed E-state index contributed by atoms with van der Waals surface area (Å²) < 4.78 is 0. The molecule has 0 bridgehead atoms. The molecule has 0 aliphatic carbocycles. The number of nitrogens with zero attached hydrogens (tertiary/aromatic N) is 2. The van der Waals surface area contributed by atoms with Crippen molar-refractivity contribution in [2.45, 2.75) is 45.7 Å². The number of halogens is 1. The molecule has 0 fully saturated rings. The zero-order valence-corrected chi connectivity index (χ0v) is 19.6. The zero-order valence-electron chi connectivity index (χ0n) is 18.8. The minimum atomic E-state index is -0.618. The fourth-order valence-electron chi connectivity index (χ4n) is 3.97. The molecule has 8 heteroatoms. The lowest BCUT2D eigenvalue weighted by Crippen LogP contribution is -2.49. The molecule has 7 nitrogen and oxygen atoms in total. The summed E-state index contributed by atoms with van der Waals surface area (Å²) in [7, 11) is 0. The molecule has 0 spiro atoms. The average molecular weight is 470 g/mol. The standard InChI is InChI=1S/C25H28ClN3O4/c1-3-21(23(31)27-4-2)29(16-17-11-13-18(26)14-12-17)22(30)10-7-15-28-24(32)19-8-5-6-9-20(19)25(28)33/h5-6,8-9,11-14,21H,3-4,7,10,15-16H2,1-2H3,(H,27,31). The van der Waals surface area contributed by atoms with Crippen LogP contribution in [0.5, 0.6) is 0 Å². The van der Waals surface area contributed by atoms with Crippen molar-refractivity contribution in [3.8, 4) is 0 Å². The Kier molecular flexibility index (Phi) is 8.22. The zero-order chi connectivity index (χ0) is 24.0. The summed E-state index contributed by atoms with van der Waals surface area (Å²) in [5.74, 6) is -1.09. The molecule has 1 unspecified atom stereocenters. The number of likely N-dealkylation sites (N-methyl/N-ethyl adjacent to an activating group) is 1. The Morgan fingerprint density at radius 3 is 2.15 bits per heavy atom. The predicted molar refractivity (Wildman–Crippen MR) is 126 cm³/mol. The van der Waals surface area contributed by atoms with Crippen LogP contribution in [-0.2, 0) is 16.1 Å². The number of amides is 4. The molecule has 1 atom stereocenters. The fraction of sp³-hybridized carbons (Fsp3) is 0.360. The molecule has 0 aromatic heterocycles. The quantitative estimate of drug-likeness (QED) is 0.538. The first-order valence-corrected chi connectivity index (χ1v) is 11.5. The molecule has 1 N–H and O–H groups in total. The molecule has 2 aromatic carbocycles. The largest absolute Gasteiger partial charge is 0.355 e. The van der Waals surface area contributed by atoms with Crippen molar-refractivity contribution in [3.63, 3.8) is 0 Å². The molecule has 0 saturated heterocycles. The van der Waals surface area contributed by atoms with E-state index in [1.165, 1.54) is 4.90 Å². The number of carbonyl (C=O) groups excluding carboxylic acids is 4. The summed E-state index contributed by atoms with van der Waals surface area (Å²) in [6.07, 6.45) is 0.883. The first-order chi connectivity index (χ1) is 15.9. The number of hydrogen-bond acceptors (Lipinski definition) is 4. The van der Waals surface area contributed by atoms with Gasteiger partial charge in [-0.1, -0.05) is 42.8 Å². The Labute approximate surface area is 198 Å². The van der Waals surface area contributed by atoms with Gasteiger partial charge in [-0.05, 0) is 49.6 Å². The molecule has 1 aliphatic rings. The SMILES string of the molecule is CCNC(=O)C(CC)N(Cc1ccc(Cl)cc1)C(=O)CCCN1C(=O)c2ccccc2C1=O. The third-order valence-corrected chi connectivity index (χ3v) is 5.91. The highest BCUT2D eigenvalue weighted by Gasteiger charge is 2.35. The summed E-state index contributed by atoms with van der Waals surface area (Å²) in [5.41, 5.74) is 1.64. The minimum absolute atomic E-state index is 0.108. The highest BCUT2D eigenvalue weighted by Crippen LogP contribution is 2.23. The Balaban J connectivity index is 1.69. The van der Waals surface area contributed by atoms with E-state index in [1.54, 1.807) is 41.3 Å². The van der Waals surface area contributed by atoms with Gasteiger partial charge in [-0.2, -0.15) is 0 Å². The van der Waals surface area contributed by atoms with Crippen molar-refractivity contribution < 1.29 is 19.2 Å². The van der Waals surface area contributed by atoms with Crippen molar-refractivity contribution >= 4 is 35.2 Å². The number of rotatable bonds is 10. The smallest absolute Gasteiger partial charge is 0.261 e. The van der Waals surface area contributed by atoms with Crippen LogP contribution in [0.4, 0.5) is 0 Å². The van der Waals surface area contributed by atoms with E-state index in [2.05, 4.69) is 5.32 Å². The highest BCUT2D eigenvalue weighted by atomic mass is 35.5. The van der Waals surface area contributed by atoms with Crippen LogP contribution < -0.4 is 5.32 Å². The van der Waals surface area contributed by atoms with Crippen molar-refractivity contribution in [1.29, 1.82) is 0 Å². The van der Waals surface area contributed by atoms with Gasteiger partial charge in [0.1, 0.15) is 6.04 Å². The number of nitrogens with one attached hydrogen (secondary N) is 1. The van der Waals surface area contributed by atoms with Crippen molar-refractivity contribution in [2.24, 2.45) is 0 Å². The first-order valence-electron chi connectivity index (χ1n) is 11.1. The van der Waals surface area contributed by atoms with Crippen LogP contribution in [0, 0.1) is 0 Å². The van der Waals surface area contributed by atoms with Gasteiger partial charge in [-0.15, -0.1) is 0 Å². The highest BCUT2D eigenvalue weighted by molar-refractivity contribution is 6.30. The molecular weight excluding hydrogens is 442 g/mol. The second kappa shape index (κ2) is 11.1. The Morgan fingerprint density at radius 2 is 1.61 bits per heavy atom. The van der Waals surface area contributed by atoms with Crippen LogP contribution in [0.3, 0.4) is 0 Å². The average Bonchev–Trinajstić information content (AvgIpc) is 3.05. The molecule has 33 heavy (non-hydrogen) atoms. The molecular formula is C25H28ClN3O4. The summed E-state index contributed by atoms with van der Waals surface area (Å²) in [5, 5.41) is 3.39. The van der Waals surface area contributed by atoms with Crippen LogP contribution in [0.2, 0.25) is 5.02 Å². The van der Waals surface area contributed by atoms with Gasteiger partial charge < -0.3 is 10.2 Å². The molecule has 0 saturated carbocycles. The third-order valence-electron chi connectivity index (χ3n) is 5.65. The van der Waals surface area contributed by atoms with Crippen molar-refractivity contribution in [1.82, 2.24) is 15.1 Å². The summed E-state index contributed by atoms with van der Waals surface area (Å²) in [6, 6.07) is 13.2. The number of imide groups is 1. The number of carbonyl (C=O) groups is 4. The van der Waals surface area contributed by atoms with Crippen LogP contribution >= 0.6 is 11.6 Å². The Hall–Kier alpha value is -3.19. The maximum Gasteiger partial charge on any atom is 0.261 e. The van der Waals surface area contributed by atoms with Gasteiger partial charge in [0.15, 0.2) is 0 Å². The van der Waals surface area contributed by atoms with Gasteiger partial charge in [-0.25, -0.2) is 0 Å². The van der Waals surface area contributed by atoms with Crippen molar-refractivity contribution in [2.75, 3.05) is 13.1 Å². The molecule has 4 amide bonds. The maximum absolute atomic E-state index is 13.2. The van der Waals surface area contributed by atoms with E-state index in [4.69, 9.17) is 11.6 Å². The van der Waals surface area contributed by atoms with E-state index in [9.17, 15) is 19.2 Å². The minimum Gasteiger partial charge on any atom is -0.355 e. The lowest BCUT2D eigenvalue weighted by Gasteiger charge is -2.31. The van der Waals surface area contributed by atoms with Gasteiger partial charge in [0, 0.05) is 31.1 Å². The van der Waals surface area contributed by atoms with E-state index in [1.807, 2.05) is 26.0 Å². The second-order valence-corrected chi connectivity index (χ2v) is 8.31. The number of fused-ring (bicyclic) bond motifs is 1. The topological polar surface area (TPSA) is 86.8 Å². The number of benzene rings is 2. The summed E-state index contributed by atoms with van der Waals surface area (Å²) in [4.78, 5) is 53.7. The van der Waals surface area contributed by atoms with E-state index >= 15 is 0 Å².